The molecule has 0 aliphatic heterocycles. The first kappa shape index (κ1) is 10.7. The fraction of sp³-hybridized carbons (Fsp3) is 0.250. The molecule has 0 N–H and O–H groups in total. The lowest BCUT2D eigenvalue weighted by atomic mass is 10.4. The van der Waals surface area contributed by atoms with Crippen molar-refractivity contribution < 1.29 is 4.84 Å². The summed E-state index contributed by atoms with van der Waals surface area (Å²) in [5.74, 6) is 0. The van der Waals surface area contributed by atoms with E-state index in [-0.39, 0.29) is 0 Å². The molecule has 1 aromatic rings. The number of nitrogens with zero attached hydrogens (tertiary/aromatic N) is 2. The van der Waals surface area contributed by atoms with Crippen LogP contribution in [0.4, 0.5) is 0 Å². The van der Waals surface area contributed by atoms with Crippen LogP contribution in [0.15, 0.2) is 26.4 Å². The highest BCUT2D eigenvalue weighted by molar-refractivity contribution is 9.11. The molecule has 13 heavy (non-hydrogen) atoms. The van der Waals surface area contributed by atoms with Crippen LogP contribution >= 0.6 is 31.9 Å². The van der Waals surface area contributed by atoms with Gasteiger partial charge in [-0.25, -0.2) is 0 Å². The molecule has 3 nitrogen and oxygen atoms in total. The van der Waals surface area contributed by atoms with Gasteiger partial charge in [-0.15, -0.1) is 0 Å². The second-order valence-corrected chi connectivity index (χ2v) is 3.94. The summed E-state index contributed by atoms with van der Waals surface area (Å²) >= 11 is 6.67. The average molecular weight is 308 g/mol. The van der Waals surface area contributed by atoms with Crippen molar-refractivity contribution in [3.05, 3.63) is 26.9 Å². The maximum absolute atomic E-state index is 4.82. The number of halogens is 2. The summed E-state index contributed by atoms with van der Waals surface area (Å²) in [5.41, 5.74) is 0.747. The first-order valence-electron chi connectivity index (χ1n) is 3.70. The summed E-state index contributed by atoms with van der Waals surface area (Å²) in [4.78, 5) is 8.95. The van der Waals surface area contributed by atoms with E-state index in [9.17, 15) is 0 Å². The van der Waals surface area contributed by atoms with Gasteiger partial charge in [0.15, 0.2) is 0 Å². The molecule has 1 aromatic heterocycles. The van der Waals surface area contributed by atoms with Crippen LogP contribution < -0.4 is 0 Å². The van der Waals surface area contributed by atoms with Crippen molar-refractivity contribution in [2.45, 2.75) is 6.92 Å². The maximum Gasteiger partial charge on any atom is 0.114 e. The van der Waals surface area contributed by atoms with Crippen molar-refractivity contribution in [2.75, 3.05) is 6.61 Å². The minimum absolute atomic E-state index is 0.560. The van der Waals surface area contributed by atoms with Gasteiger partial charge in [0, 0.05) is 15.1 Å². The first-order chi connectivity index (χ1) is 6.24. The Morgan fingerprint density at radius 3 is 3.00 bits per heavy atom. The molecule has 0 spiro atoms. The maximum atomic E-state index is 4.82. The predicted octanol–water partition coefficient (Wildman–Crippen LogP) is 2.98. The predicted molar refractivity (Wildman–Crippen MR) is 58.9 cm³/mol. The normalized spacial score (nSPS) is 10.7. The van der Waals surface area contributed by atoms with Crippen LogP contribution in [-0.4, -0.2) is 17.8 Å². The van der Waals surface area contributed by atoms with E-state index in [0.29, 0.717) is 6.61 Å². The second kappa shape index (κ2) is 5.34. The zero-order chi connectivity index (χ0) is 9.68. The van der Waals surface area contributed by atoms with Gasteiger partial charge in [0.25, 0.3) is 0 Å². The van der Waals surface area contributed by atoms with E-state index in [4.69, 9.17) is 4.84 Å². The van der Waals surface area contributed by atoms with Gasteiger partial charge in [-0.2, -0.15) is 0 Å². The molecule has 0 aromatic carbocycles. The Balaban J connectivity index is 2.77. The Morgan fingerprint density at radius 2 is 2.38 bits per heavy atom. The number of oxime groups is 1. The minimum atomic E-state index is 0.560. The van der Waals surface area contributed by atoms with Crippen molar-refractivity contribution >= 4 is 38.1 Å². The molecular formula is C8H8Br2N2O. The highest BCUT2D eigenvalue weighted by Crippen LogP contribution is 2.18. The summed E-state index contributed by atoms with van der Waals surface area (Å²) < 4.78 is 1.80. The molecule has 1 heterocycles. The molecule has 0 aliphatic carbocycles. The van der Waals surface area contributed by atoms with Crippen molar-refractivity contribution in [1.29, 1.82) is 0 Å². The van der Waals surface area contributed by atoms with E-state index in [1.54, 1.807) is 12.4 Å². The van der Waals surface area contributed by atoms with E-state index in [1.165, 1.54) is 0 Å². The summed E-state index contributed by atoms with van der Waals surface area (Å²) in [6, 6.07) is 1.90. The molecule has 0 fully saturated rings. The molecule has 0 saturated carbocycles. The standard InChI is InChI=1S/C8H8Br2N2O/c1-2-13-12-5-8-7(10)3-6(9)4-11-8/h3-5H,2H2,1H3/b12-5+. The molecule has 0 atom stereocenters. The molecule has 0 aliphatic rings. The molecule has 0 unspecified atom stereocenters. The largest absolute Gasteiger partial charge is 0.396 e. The van der Waals surface area contributed by atoms with Crippen LogP contribution in [0.1, 0.15) is 12.6 Å². The molecule has 0 bridgehead atoms. The Bertz CT molecular complexity index is 315. The van der Waals surface area contributed by atoms with Gasteiger partial charge in [-0.3, -0.25) is 4.98 Å². The SMILES string of the molecule is CCO/N=C/c1ncc(Br)cc1Br. The highest BCUT2D eigenvalue weighted by Gasteiger charge is 1.98. The number of hydrogen-bond donors (Lipinski definition) is 0. The molecular weight excluding hydrogens is 300 g/mol. The average Bonchev–Trinajstić information content (AvgIpc) is 2.09. The molecule has 0 radical (unpaired) electrons. The van der Waals surface area contributed by atoms with Gasteiger partial charge in [0.05, 0.1) is 11.9 Å². The fourth-order valence-corrected chi connectivity index (χ4v) is 1.77. The number of aromatic nitrogens is 1. The van der Waals surface area contributed by atoms with Crippen LogP contribution in [0.2, 0.25) is 0 Å². The van der Waals surface area contributed by atoms with Crippen molar-refractivity contribution in [3.8, 4) is 0 Å². The van der Waals surface area contributed by atoms with E-state index in [2.05, 4.69) is 42.0 Å². The smallest absolute Gasteiger partial charge is 0.114 e. The molecule has 0 saturated heterocycles. The second-order valence-electron chi connectivity index (χ2n) is 2.17. The van der Waals surface area contributed by atoms with Gasteiger partial charge in [0.2, 0.25) is 0 Å². The van der Waals surface area contributed by atoms with Crippen LogP contribution in [0.5, 0.6) is 0 Å². The van der Waals surface area contributed by atoms with Crippen LogP contribution in [-0.2, 0) is 4.84 Å². The van der Waals surface area contributed by atoms with Gasteiger partial charge >= 0.3 is 0 Å². The van der Waals surface area contributed by atoms with Gasteiger partial charge in [0.1, 0.15) is 6.61 Å². The first-order valence-corrected chi connectivity index (χ1v) is 5.29. The lowest BCUT2D eigenvalue weighted by molar-refractivity contribution is 0.160. The van der Waals surface area contributed by atoms with Crippen molar-refractivity contribution in [1.82, 2.24) is 4.98 Å². The summed E-state index contributed by atoms with van der Waals surface area (Å²) in [6.45, 7) is 2.44. The summed E-state index contributed by atoms with van der Waals surface area (Å²) in [7, 11) is 0. The lowest BCUT2D eigenvalue weighted by Crippen LogP contribution is -1.90. The quantitative estimate of drug-likeness (QED) is 0.635. The van der Waals surface area contributed by atoms with E-state index in [1.807, 2.05) is 13.0 Å². The Kier molecular flexibility index (Phi) is 4.38. The van der Waals surface area contributed by atoms with E-state index < -0.39 is 0 Å². The van der Waals surface area contributed by atoms with Gasteiger partial charge < -0.3 is 4.84 Å². The minimum Gasteiger partial charge on any atom is -0.396 e. The fourth-order valence-electron chi connectivity index (χ4n) is 0.682. The monoisotopic (exact) mass is 306 g/mol. The van der Waals surface area contributed by atoms with Gasteiger partial charge in [-0.1, -0.05) is 5.16 Å². The molecule has 0 amide bonds. The summed E-state index contributed by atoms with van der Waals surface area (Å²) in [5, 5.41) is 3.72. The van der Waals surface area contributed by atoms with E-state index in [0.717, 1.165) is 14.6 Å². The van der Waals surface area contributed by atoms with Crippen LogP contribution in [0.25, 0.3) is 0 Å². The molecule has 1 rings (SSSR count). The highest BCUT2D eigenvalue weighted by atomic mass is 79.9. The summed E-state index contributed by atoms with van der Waals surface area (Å²) in [6.07, 6.45) is 3.28. The molecule has 70 valence electrons. The Morgan fingerprint density at radius 1 is 1.62 bits per heavy atom. The van der Waals surface area contributed by atoms with Gasteiger partial charge in [-0.05, 0) is 44.8 Å². The third kappa shape index (κ3) is 3.44. The third-order valence-corrected chi connectivity index (χ3v) is 2.28. The zero-order valence-electron chi connectivity index (χ0n) is 7.00. The number of pyridine rings is 1. The Labute approximate surface area is 93.4 Å². The Hall–Kier alpha value is -0.420. The lowest BCUT2D eigenvalue weighted by Gasteiger charge is -1.97. The van der Waals surface area contributed by atoms with Crippen LogP contribution in [0, 0.1) is 0 Å². The topological polar surface area (TPSA) is 34.5 Å². The van der Waals surface area contributed by atoms with Crippen molar-refractivity contribution in [2.24, 2.45) is 5.16 Å². The molecule has 5 heteroatoms. The number of hydrogen-bond acceptors (Lipinski definition) is 3. The van der Waals surface area contributed by atoms with Crippen molar-refractivity contribution in [3.63, 3.8) is 0 Å². The number of rotatable bonds is 3. The zero-order valence-corrected chi connectivity index (χ0v) is 10.2. The third-order valence-electron chi connectivity index (χ3n) is 1.21. The van der Waals surface area contributed by atoms with E-state index >= 15 is 0 Å². The van der Waals surface area contributed by atoms with Crippen LogP contribution in [0.3, 0.4) is 0 Å².